The largest absolute Gasteiger partial charge is 0.495 e. The fraction of sp³-hybridized carbons (Fsp3) is 0.227. The zero-order valence-corrected chi connectivity index (χ0v) is 16.1. The number of hydrogen-bond donors (Lipinski definition) is 2. The minimum absolute atomic E-state index is 0.222. The molecule has 0 spiro atoms. The molecule has 1 heterocycles. The van der Waals surface area contributed by atoms with Gasteiger partial charge in [0, 0.05) is 6.54 Å². The molecule has 0 aliphatic carbocycles. The van der Waals surface area contributed by atoms with Crippen molar-refractivity contribution in [1.29, 1.82) is 0 Å². The number of methoxy groups -OCH3 is 1. The Labute approximate surface area is 165 Å². The Bertz CT molecular complexity index is 912. The van der Waals surface area contributed by atoms with Crippen molar-refractivity contribution >= 4 is 17.4 Å². The van der Waals surface area contributed by atoms with Crippen LogP contribution in [0, 0.1) is 6.92 Å². The number of aryl methyl sites for hydroxylation is 2. The highest BCUT2D eigenvalue weighted by molar-refractivity contribution is 5.92. The highest BCUT2D eigenvalue weighted by Crippen LogP contribution is 2.27. The molecule has 6 nitrogen and oxygen atoms in total. The Morgan fingerprint density at radius 3 is 2.57 bits per heavy atom. The van der Waals surface area contributed by atoms with Gasteiger partial charge in [-0.1, -0.05) is 36.4 Å². The van der Waals surface area contributed by atoms with Crippen LogP contribution < -0.4 is 15.4 Å². The average Bonchev–Trinajstić information content (AvgIpc) is 2.72. The molecule has 2 aromatic carbocycles. The molecule has 0 atom stereocenters. The van der Waals surface area contributed by atoms with Gasteiger partial charge in [0.15, 0.2) is 11.5 Å². The summed E-state index contributed by atoms with van der Waals surface area (Å²) in [6.45, 7) is 2.59. The molecule has 0 fully saturated rings. The van der Waals surface area contributed by atoms with Crippen LogP contribution in [0.4, 0.5) is 11.5 Å². The van der Waals surface area contributed by atoms with Gasteiger partial charge in [0.25, 0.3) is 5.91 Å². The van der Waals surface area contributed by atoms with Crippen molar-refractivity contribution < 1.29 is 9.53 Å². The molecule has 0 unspecified atom stereocenters. The lowest BCUT2D eigenvalue weighted by atomic mass is 10.1. The Hall–Kier alpha value is -3.41. The van der Waals surface area contributed by atoms with Gasteiger partial charge in [-0.25, -0.2) is 0 Å². The molecule has 3 rings (SSSR count). The van der Waals surface area contributed by atoms with Gasteiger partial charge in [-0.15, -0.1) is 10.2 Å². The van der Waals surface area contributed by atoms with Gasteiger partial charge >= 0.3 is 0 Å². The van der Waals surface area contributed by atoms with Gasteiger partial charge in [-0.05, 0) is 55.2 Å². The van der Waals surface area contributed by atoms with Crippen LogP contribution in [0.15, 0.2) is 60.7 Å². The lowest BCUT2D eigenvalue weighted by Crippen LogP contribution is -2.26. The number of rotatable bonds is 8. The standard InChI is InChI=1S/C22H24N4O2/c1-16-10-12-20(28-2)19(15-16)24-21-13-11-18(25-26-21)22(27)23-14-6-9-17-7-4-3-5-8-17/h3-5,7-8,10-13,15H,6,9,14H2,1-2H3,(H,23,27)(H,24,26). The summed E-state index contributed by atoms with van der Waals surface area (Å²) in [4.78, 5) is 12.2. The number of hydrogen-bond acceptors (Lipinski definition) is 5. The minimum atomic E-state index is -0.222. The first-order valence-electron chi connectivity index (χ1n) is 9.23. The molecular formula is C22H24N4O2. The van der Waals surface area contributed by atoms with E-state index in [2.05, 4.69) is 33.0 Å². The van der Waals surface area contributed by atoms with Crippen molar-refractivity contribution in [3.05, 3.63) is 77.5 Å². The lowest BCUT2D eigenvalue weighted by Gasteiger charge is -2.11. The number of anilines is 2. The van der Waals surface area contributed by atoms with Crippen LogP contribution in [0.3, 0.4) is 0 Å². The van der Waals surface area contributed by atoms with Crippen molar-refractivity contribution in [3.8, 4) is 5.75 Å². The van der Waals surface area contributed by atoms with Crippen LogP contribution in [0.2, 0.25) is 0 Å². The Morgan fingerprint density at radius 2 is 1.86 bits per heavy atom. The molecule has 144 valence electrons. The van der Waals surface area contributed by atoms with E-state index in [1.807, 2.05) is 43.3 Å². The quantitative estimate of drug-likeness (QED) is 0.583. The number of nitrogens with zero attached hydrogens (tertiary/aromatic N) is 2. The summed E-state index contributed by atoms with van der Waals surface area (Å²) in [5.74, 6) is 1.04. The second-order valence-electron chi connectivity index (χ2n) is 6.48. The molecule has 1 aromatic heterocycles. The number of benzene rings is 2. The smallest absolute Gasteiger partial charge is 0.271 e. The van der Waals surface area contributed by atoms with Gasteiger partial charge in [0.05, 0.1) is 12.8 Å². The van der Waals surface area contributed by atoms with Gasteiger partial charge in [-0.2, -0.15) is 0 Å². The number of carbonyl (C=O) groups excluding carboxylic acids is 1. The van der Waals surface area contributed by atoms with Crippen molar-refractivity contribution in [3.63, 3.8) is 0 Å². The first-order chi connectivity index (χ1) is 13.7. The molecule has 28 heavy (non-hydrogen) atoms. The van der Waals surface area contributed by atoms with E-state index >= 15 is 0 Å². The van der Waals surface area contributed by atoms with Crippen molar-refractivity contribution in [2.24, 2.45) is 0 Å². The molecule has 1 amide bonds. The van der Waals surface area contributed by atoms with E-state index in [0.717, 1.165) is 24.1 Å². The Balaban J connectivity index is 1.52. The van der Waals surface area contributed by atoms with Crippen LogP contribution in [-0.2, 0) is 6.42 Å². The minimum Gasteiger partial charge on any atom is -0.495 e. The molecule has 0 saturated heterocycles. The van der Waals surface area contributed by atoms with E-state index in [1.54, 1.807) is 19.2 Å². The molecule has 3 aromatic rings. The SMILES string of the molecule is COc1ccc(C)cc1Nc1ccc(C(=O)NCCCc2ccccc2)nn1. The maximum absolute atomic E-state index is 12.2. The van der Waals surface area contributed by atoms with Crippen molar-refractivity contribution in [2.75, 3.05) is 19.0 Å². The Morgan fingerprint density at radius 1 is 1.04 bits per heavy atom. The summed E-state index contributed by atoms with van der Waals surface area (Å²) in [6.07, 6.45) is 1.80. The van der Waals surface area contributed by atoms with Crippen LogP contribution >= 0.6 is 0 Å². The van der Waals surface area contributed by atoms with E-state index in [1.165, 1.54) is 5.56 Å². The summed E-state index contributed by atoms with van der Waals surface area (Å²) in [5.41, 5.74) is 3.46. The zero-order valence-electron chi connectivity index (χ0n) is 16.1. The van der Waals surface area contributed by atoms with E-state index in [9.17, 15) is 4.79 Å². The fourth-order valence-electron chi connectivity index (χ4n) is 2.81. The summed E-state index contributed by atoms with van der Waals surface area (Å²) >= 11 is 0. The van der Waals surface area contributed by atoms with E-state index in [0.29, 0.717) is 23.8 Å². The van der Waals surface area contributed by atoms with Crippen LogP contribution in [-0.4, -0.2) is 29.8 Å². The van der Waals surface area contributed by atoms with E-state index in [4.69, 9.17) is 4.74 Å². The monoisotopic (exact) mass is 376 g/mol. The second-order valence-corrected chi connectivity index (χ2v) is 6.48. The maximum Gasteiger partial charge on any atom is 0.271 e. The maximum atomic E-state index is 12.2. The van der Waals surface area contributed by atoms with Gasteiger partial charge in [-0.3, -0.25) is 4.79 Å². The molecule has 0 saturated carbocycles. The molecule has 0 bridgehead atoms. The molecule has 6 heteroatoms. The third kappa shape index (κ3) is 5.30. The van der Waals surface area contributed by atoms with E-state index < -0.39 is 0 Å². The average molecular weight is 376 g/mol. The third-order valence-electron chi connectivity index (χ3n) is 4.29. The molecule has 0 aliphatic rings. The number of ether oxygens (including phenoxy) is 1. The van der Waals surface area contributed by atoms with Gasteiger partial charge in [0.1, 0.15) is 5.75 Å². The Kier molecular flexibility index (Phi) is 6.57. The highest BCUT2D eigenvalue weighted by Gasteiger charge is 2.09. The zero-order chi connectivity index (χ0) is 19.8. The summed E-state index contributed by atoms with van der Waals surface area (Å²) in [5, 5.41) is 14.2. The third-order valence-corrected chi connectivity index (χ3v) is 4.29. The van der Waals surface area contributed by atoms with Crippen LogP contribution in [0.25, 0.3) is 0 Å². The summed E-state index contributed by atoms with van der Waals surface area (Å²) in [7, 11) is 1.62. The molecule has 0 aliphatic heterocycles. The summed E-state index contributed by atoms with van der Waals surface area (Å²) in [6, 6.07) is 19.4. The predicted octanol–water partition coefficient (Wildman–Crippen LogP) is 3.90. The number of aromatic nitrogens is 2. The van der Waals surface area contributed by atoms with Crippen molar-refractivity contribution in [2.45, 2.75) is 19.8 Å². The predicted molar refractivity (Wildman–Crippen MR) is 110 cm³/mol. The number of amides is 1. The van der Waals surface area contributed by atoms with Crippen LogP contribution in [0.1, 0.15) is 28.0 Å². The first-order valence-corrected chi connectivity index (χ1v) is 9.23. The van der Waals surface area contributed by atoms with Crippen LogP contribution in [0.5, 0.6) is 5.75 Å². The van der Waals surface area contributed by atoms with Gasteiger partial charge in [0.2, 0.25) is 0 Å². The summed E-state index contributed by atoms with van der Waals surface area (Å²) < 4.78 is 5.35. The topological polar surface area (TPSA) is 76.1 Å². The van der Waals surface area contributed by atoms with Crippen molar-refractivity contribution in [1.82, 2.24) is 15.5 Å². The molecule has 0 radical (unpaired) electrons. The molecule has 2 N–H and O–H groups in total. The highest BCUT2D eigenvalue weighted by atomic mass is 16.5. The second kappa shape index (κ2) is 9.50. The number of carbonyl (C=O) groups is 1. The first kappa shape index (κ1) is 19.4. The fourth-order valence-corrected chi connectivity index (χ4v) is 2.81. The lowest BCUT2D eigenvalue weighted by molar-refractivity contribution is 0.0947. The van der Waals surface area contributed by atoms with E-state index in [-0.39, 0.29) is 5.91 Å². The van der Waals surface area contributed by atoms with Gasteiger partial charge < -0.3 is 15.4 Å². The molecular weight excluding hydrogens is 352 g/mol. The number of nitrogens with one attached hydrogen (secondary N) is 2. The normalized spacial score (nSPS) is 10.4.